The monoisotopic (exact) mass is 392 g/mol. The zero-order valence-electron chi connectivity index (χ0n) is 17.1. The topological polar surface area (TPSA) is 55.1 Å². The predicted molar refractivity (Wildman–Crippen MR) is 111 cm³/mol. The molecule has 0 saturated heterocycles. The lowest BCUT2D eigenvalue weighted by molar-refractivity contribution is 0.0529. The molecule has 0 amide bonds. The van der Waals surface area contributed by atoms with Crippen LogP contribution in [0.25, 0.3) is 17.5 Å². The lowest BCUT2D eigenvalue weighted by Crippen LogP contribution is -2.26. The minimum Gasteiger partial charge on any atom is -0.385 e. The molecule has 4 nitrogen and oxygen atoms in total. The number of halogens is 1. The summed E-state index contributed by atoms with van der Waals surface area (Å²) in [5, 5.41) is 10.7. The van der Waals surface area contributed by atoms with Gasteiger partial charge in [-0.2, -0.15) is 0 Å². The Hall–Kier alpha value is -2.53. The smallest absolute Gasteiger partial charge is 0.251 e. The van der Waals surface area contributed by atoms with Gasteiger partial charge in [-0.05, 0) is 74.3 Å². The minimum atomic E-state index is -1.07. The van der Waals surface area contributed by atoms with Gasteiger partial charge >= 0.3 is 0 Å². The Labute approximate surface area is 169 Å². The zero-order chi connectivity index (χ0) is 20.5. The van der Waals surface area contributed by atoms with Crippen LogP contribution in [0.3, 0.4) is 0 Å². The van der Waals surface area contributed by atoms with Crippen molar-refractivity contribution in [1.82, 2.24) is 9.55 Å². The summed E-state index contributed by atoms with van der Waals surface area (Å²) in [5.74, 6) is -0.211. The van der Waals surface area contributed by atoms with E-state index in [1.165, 1.54) is 11.6 Å². The Morgan fingerprint density at radius 1 is 1.24 bits per heavy atom. The molecular formula is C24H25FN2O2. The molecular weight excluding hydrogens is 367 g/mol. The third-order valence-electron chi connectivity index (χ3n) is 7.00. The quantitative estimate of drug-likeness (QED) is 0.703. The molecule has 0 spiro atoms. The molecule has 0 fully saturated rings. The first-order chi connectivity index (χ1) is 13.8. The van der Waals surface area contributed by atoms with Gasteiger partial charge in [0, 0.05) is 17.7 Å². The van der Waals surface area contributed by atoms with Crippen LogP contribution in [0.15, 0.2) is 33.9 Å². The van der Waals surface area contributed by atoms with Crippen LogP contribution < -0.4 is 5.56 Å². The largest absolute Gasteiger partial charge is 0.385 e. The molecule has 5 rings (SSSR count). The molecule has 3 heterocycles. The van der Waals surface area contributed by atoms with Gasteiger partial charge in [0.05, 0.1) is 29.2 Å². The van der Waals surface area contributed by atoms with Crippen molar-refractivity contribution in [3.05, 3.63) is 67.4 Å². The lowest BCUT2D eigenvalue weighted by Gasteiger charge is -2.22. The number of rotatable bonds is 2. The molecule has 1 aliphatic heterocycles. The summed E-state index contributed by atoms with van der Waals surface area (Å²) in [6.45, 7) is 5.98. The summed E-state index contributed by atoms with van der Waals surface area (Å²) >= 11 is 0. The summed E-state index contributed by atoms with van der Waals surface area (Å²) in [7, 11) is 0. The van der Waals surface area contributed by atoms with E-state index in [-0.39, 0.29) is 11.4 Å². The highest BCUT2D eigenvalue weighted by Gasteiger charge is 2.32. The van der Waals surface area contributed by atoms with Gasteiger partial charge < -0.3 is 9.67 Å². The van der Waals surface area contributed by atoms with Crippen molar-refractivity contribution >= 4 is 6.08 Å². The van der Waals surface area contributed by atoms with Crippen molar-refractivity contribution in [2.75, 3.05) is 0 Å². The second kappa shape index (κ2) is 6.23. The van der Waals surface area contributed by atoms with Crippen LogP contribution in [-0.2, 0) is 25.0 Å². The van der Waals surface area contributed by atoms with E-state index in [1.807, 2.05) is 19.9 Å². The van der Waals surface area contributed by atoms with Crippen LogP contribution >= 0.6 is 0 Å². The molecule has 29 heavy (non-hydrogen) atoms. The second-order valence-electron chi connectivity index (χ2n) is 8.71. The fraction of sp³-hybridized carbons (Fsp3) is 0.417. The molecule has 1 atom stereocenters. The highest BCUT2D eigenvalue weighted by molar-refractivity contribution is 5.73. The summed E-state index contributed by atoms with van der Waals surface area (Å²) < 4.78 is 16.5. The molecule has 0 unspecified atom stereocenters. The van der Waals surface area contributed by atoms with Gasteiger partial charge in [-0.1, -0.05) is 12.5 Å². The number of hydrogen-bond acceptors (Lipinski definition) is 3. The van der Waals surface area contributed by atoms with Crippen LogP contribution in [0.1, 0.15) is 68.0 Å². The highest BCUT2D eigenvalue weighted by Crippen LogP contribution is 2.41. The van der Waals surface area contributed by atoms with Crippen molar-refractivity contribution in [2.24, 2.45) is 0 Å². The van der Waals surface area contributed by atoms with Crippen LogP contribution in [-0.4, -0.2) is 14.7 Å². The van der Waals surface area contributed by atoms with Gasteiger partial charge in [-0.15, -0.1) is 0 Å². The first-order valence-electron chi connectivity index (χ1n) is 10.4. The Morgan fingerprint density at radius 2 is 2.03 bits per heavy atom. The first-order valence-corrected chi connectivity index (χ1v) is 10.4. The maximum Gasteiger partial charge on any atom is 0.251 e. The lowest BCUT2D eigenvalue weighted by atomic mass is 9.92. The molecule has 0 saturated carbocycles. The number of allylic oxidation sites excluding steroid dienone is 3. The number of fused-ring (bicyclic) bond motifs is 5. The van der Waals surface area contributed by atoms with Crippen LogP contribution in [0.4, 0.5) is 4.39 Å². The standard InChI is InChI=1S/C24H25FN2O2/c1-4-24(3,29)15-9-21-23-18(12-27(21)22(28)10-15)16-7-5-6-14-8-17(16)20(26-23)11-19(25)13(14)2/h9-11,29H,4-8,12H2,1-3H3/t24-/m0/s1. The molecule has 2 aromatic heterocycles. The molecule has 0 radical (unpaired) electrons. The first kappa shape index (κ1) is 18.5. The van der Waals surface area contributed by atoms with Crippen molar-refractivity contribution in [3.63, 3.8) is 0 Å². The number of pyridine rings is 2. The van der Waals surface area contributed by atoms with E-state index < -0.39 is 5.60 Å². The maximum absolute atomic E-state index is 14.8. The van der Waals surface area contributed by atoms with E-state index in [1.54, 1.807) is 17.6 Å². The average molecular weight is 392 g/mol. The van der Waals surface area contributed by atoms with E-state index in [9.17, 15) is 14.3 Å². The van der Waals surface area contributed by atoms with E-state index in [0.29, 0.717) is 24.2 Å². The number of hydrogen-bond donors (Lipinski definition) is 1. The van der Waals surface area contributed by atoms with Gasteiger partial charge in [-0.3, -0.25) is 4.79 Å². The van der Waals surface area contributed by atoms with Crippen LogP contribution in [0.2, 0.25) is 0 Å². The Balaban J connectivity index is 1.78. The fourth-order valence-corrected chi connectivity index (χ4v) is 4.86. The molecule has 3 aliphatic rings. The van der Waals surface area contributed by atoms with Gasteiger partial charge in [0.15, 0.2) is 0 Å². The zero-order valence-corrected chi connectivity index (χ0v) is 17.1. The number of aromatic nitrogens is 2. The summed E-state index contributed by atoms with van der Waals surface area (Å²) in [6.07, 6.45) is 5.59. The van der Waals surface area contributed by atoms with Gasteiger partial charge in [0.1, 0.15) is 5.83 Å². The van der Waals surface area contributed by atoms with E-state index in [4.69, 9.17) is 4.98 Å². The van der Waals surface area contributed by atoms with E-state index >= 15 is 0 Å². The van der Waals surface area contributed by atoms with Gasteiger partial charge in [0.25, 0.3) is 5.56 Å². The van der Waals surface area contributed by atoms with Crippen molar-refractivity contribution in [1.29, 1.82) is 0 Å². The highest BCUT2D eigenvalue weighted by atomic mass is 19.1. The summed E-state index contributed by atoms with van der Waals surface area (Å²) in [5.41, 5.74) is 6.91. The maximum atomic E-state index is 14.8. The molecule has 1 N–H and O–H groups in total. The normalized spacial score (nSPS) is 19.1. The van der Waals surface area contributed by atoms with E-state index in [2.05, 4.69) is 0 Å². The molecule has 2 bridgehead atoms. The summed E-state index contributed by atoms with van der Waals surface area (Å²) in [4.78, 5) is 17.7. The molecule has 2 aliphatic carbocycles. The van der Waals surface area contributed by atoms with Crippen LogP contribution in [0.5, 0.6) is 0 Å². The minimum absolute atomic E-state index is 0.126. The second-order valence-corrected chi connectivity index (χ2v) is 8.71. The van der Waals surface area contributed by atoms with Gasteiger partial charge in [0.2, 0.25) is 0 Å². The Bertz CT molecular complexity index is 1180. The van der Waals surface area contributed by atoms with Gasteiger partial charge in [-0.25, -0.2) is 9.37 Å². The third kappa shape index (κ3) is 2.67. The molecule has 5 heteroatoms. The molecule has 2 aromatic rings. The predicted octanol–water partition coefficient (Wildman–Crippen LogP) is 4.41. The Kier molecular flexibility index (Phi) is 3.97. The third-order valence-corrected chi connectivity index (χ3v) is 7.00. The average Bonchev–Trinajstić information content (AvgIpc) is 2.84. The Morgan fingerprint density at radius 3 is 2.79 bits per heavy atom. The number of nitrogens with zero attached hydrogens (tertiary/aromatic N) is 2. The van der Waals surface area contributed by atoms with E-state index in [0.717, 1.165) is 59.3 Å². The number of aliphatic hydroxyl groups is 1. The van der Waals surface area contributed by atoms with Crippen LogP contribution in [0, 0.1) is 0 Å². The van der Waals surface area contributed by atoms with Crippen molar-refractivity contribution < 1.29 is 9.50 Å². The fourth-order valence-electron chi connectivity index (χ4n) is 4.86. The molecule has 150 valence electrons. The SMILES string of the molecule is CC[C@](C)(O)c1cc2n(c(=O)c1)Cc1c-2nc2c3c1CCCC(=C(C)C(F)=C2)C3. The van der Waals surface area contributed by atoms with Crippen molar-refractivity contribution in [3.8, 4) is 11.4 Å². The summed E-state index contributed by atoms with van der Waals surface area (Å²) in [6, 6.07) is 3.41. The van der Waals surface area contributed by atoms with Crippen molar-refractivity contribution in [2.45, 2.75) is 65.0 Å². The molecule has 0 aromatic carbocycles.